The summed E-state index contributed by atoms with van der Waals surface area (Å²) >= 11 is 6.26. The Morgan fingerprint density at radius 3 is 2.74 bits per heavy atom. The van der Waals surface area contributed by atoms with E-state index < -0.39 is 0 Å². The maximum atomic E-state index is 12.1. The molecule has 3 N–H and O–H groups in total. The Morgan fingerprint density at radius 2 is 2.16 bits per heavy atom. The van der Waals surface area contributed by atoms with Gasteiger partial charge in [-0.2, -0.15) is 0 Å². The van der Waals surface area contributed by atoms with Crippen molar-refractivity contribution in [2.75, 3.05) is 5.32 Å². The minimum Gasteiger partial charge on any atom is -0.389 e. The highest BCUT2D eigenvalue weighted by molar-refractivity contribution is 7.80. The second kappa shape index (κ2) is 5.46. The summed E-state index contributed by atoms with van der Waals surface area (Å²) in [7, 11) is 0. The van der Waals surface area contributed by atoms with Crippen LogP contribution in [0.5, 0.6) is 0 Å². The molecule has 0 atom stereocenters. The molecular formula is C13H13N3OS2. The van der Waals surface area contributed by atoms with Gasteiger partial charge in [-0.05, 0) is 25.5 Å². The highest BCUT2D eigenvalue weighted by atomic mass is 32.1. The highest BCUT2D eigenvalue weighted by Gasteiger charge is 2.13. The van der Waals surface area contributed by atoms with Gasteiger partial charge in [0.1, 0.15) is 9.87 Å². The predicted molar refractivity (Wildman–Crippen MR) is 81.9 cm³/mol. The van der Waals surface area contributed by atoms with E-state index in [4.69, 9.17) is 18.0 Å². The SMILES string of the molecule is Cc1ccc(C(N)=S)cc1NC(=O)c1scnc1C. The summed E-state index contributed by atoms with van der Waals surface area (Å²) in [6.45, 7) is 3.72. The van der Waals surface area contributed by atoms with E-state index in [1.54, 1.807) is 11.6 Å². The number of hydrogen-bond acceptors (Lipinski definition) is 4. The first-order chi connectivity index (χ1) is 8.99. The van der Waals surface area contributed by atoms with Crippen LogP contribution in [0.2, 0.25) is 0 Å². The van der Waals surface area contributed by atoms with E-state index >= 15 is 0 Å². The van der Waals surface area contributed by atoms with Gasteiger partial charge in [0.2, 0.25) is 0 Å². The molecule has 0 saturated heterocycles. The van der Waals surface area contributed by atoms with Crippen molar-refractivity contribution < 1.29 is 4.79 Å². The molecule has 0 bridgehead atoms. The lowest BCUT2D eigenvalue weighted by atomic mass is 10.1. The molecule has 1 aromatic carbocycles. The van der Waals surface area contributed by atoms with E-state index in [0.717, 1.165) is 16.8 Å². The third-order valence-electron chi connectivity index (χ3n) is 2.72. The molecule has 2 aromatic rings. The van der Waals surface area contributed by atoms with Gasteiger partial charge in [-0.15, -0.1) is 11.3 Å². The molecule has 0 aliphatic rings. The third kappa shape index (κ3) is 2.97. The molecule has 0 fully saturated rings. The maximum Gasteiger partial charge on any atom is 0.267 e. The van der Waals surface area contributed by atoms with Gasteiger partial charge in [-0.25, -0.2) is 4.98 Å². The number of nitrogens with one attached hydrogen (secondary N) is 1. The first kappa shape index (κ1) is 13.6. The van der Waals surface area contributed by atoms with Gasteiger partial charge in [0, 0.05) is 11.3 Å². The van der Waals surface area contributed by atoms with Crippen molar-refractivity contribution in [1.29, 1.82) is 0 Å². The topological polar surface area (TPSA) is 68.0 Å². The Bertz CT molecular complexity index is 649. The number of anilines is 1. The molecule has 2 rings (SSSR count). The number of nitrogens with zero attached hydrogens (tertiary/aromatic N) is 1. The fourth-order valence-electron chi connectivity index (χ4n) is 1.61. The number of nitrogens with two attached hydrogens (primary N) is 1. The zero-order valence-corrected chi connectivity index (χ0v) is 12.2. The van der Waals surface area contributed by atoms with E-state index in [1.165, 1.54) is 11.3 Å². The fraction of sp³-hybridized carbons (Fsp3) is 0.154. The largest absolute Gasteiger partial charge is 0.389 e. The second-order valence-electron chi connectivity index (χ2n) is 4.11. The van der Waals surface area contributed by atoms with Crippen molar-refractivity contribution >= 4 is 40.1 Å². The minimum absolute atomic E-state index is 0.164. The molecule has 1 heterocycles. The van der Waals surface area contributed by atoms with Crippen LogP contribution in [0, 0.1) is 13.8 Å². The monoisotopic (exact) mass is 291 g/mol. The number of thiazole rings is 1. The van der Waals surface area contributed by atoms with E-state index in [-0.39, 0.29) is 5.91 Å². The number of hydrogen-bond donors (Lipinski definition) is 2. The van der Waals surface area contributed by atoms with Gasteiger partial charge < -0.3 is 11.1 Å². The summed E-state index contributed by atoms with van der Waals surface area (Å²) in [5.41, 5.74) is 10.4. The quantitative estimate of drug-likeness (QED) is 0.853. The molecule has 0 aliphatic carbocycles. The Hall–Kier alpha value is -1.79. The van der Waals surface area contributed by atoms with Gasteiger partial charge in [0.25, 0.3) is 5.91 Å². The summed E-state index contributed by atoms with van der Waals surface area (Å²) in [5.74, 6) is -0.164. The summed E-state index contributed by atoms with van der Waals surface area (Å²) in [6.07, 6.45) is 0. The first-order valence-corrected chi connectivity index (χ1v) is 6.89. The van der Waals surface area contributed by atoms with Crippen molar-refractivity contribution in [1.82, 2.24) is 4.98 Å². The van der Waals surface area contributed by atoms with E-state index in [9.17, 15) is 4.79 Å². The summed E-state index contributed by atoms with van der Waals surface area (Å²) in [5, 5.41) is 2.86. The fourth-order valence-corrected chi connectivity index (χ4v) is 2.43. The summed E-state index contributed by atoms with van der Waals surface area (Å²) < 4.78 is 0. The lowest BCUT2D eigenvalue weighted by Crippen LogP contribution is -2.14. The van der Waals surface area contributed by atoms with Crippen molar-refractivity contribution in [2.45, 2.75) is 13.8 Å². The average molecular weight is 291 g/mol. The number of rotatable bonds is 3. The number of aryl methyl sites for hydroxylation is 2. The standard InChI is InChI=1S/C13H13N3OS2/c1-7-3-4-9(12(14)18)5-10(7)16-13(17)11-8(2)15-6-19-11/h3-6H,1-2H3,(H2,14,18)(H,16,17). The van der Waals surface area contributed by atoms with Crippen LogP contribution in [0.25, 0.3) is 0 Å². The molecule has 0 saturated carbocycles. The average Bonchev–Trinajstić information content (AvgIpc) is 2.78. The number of thiocarbonyl (C=S) groups is 1. The Morgan fingerprint density at radius 1 is 1.42 bits per heavy atom. The molecule has 0 aliphatic heterocycles. The number of aromatic nitrogens is 1. The Labute approximate surface area is 120 Å². The smallest absolute Gasteiger partial charge is 0.267 e. The van der Waals surface area contributed by atoms with Crippen LogP contribution in [0.4, 0.5) is 5.69 Å². The van der Waals surface area contributed by atoms with Crippen LogP contribution >= 0.6 is 23.6 Å². The molecule has 0 unspecified atom stereocenters. The van der Waals surface area contributed by atoms with E-state index in [0.29, 0.717) is 15.6 Å². The van der Waals surface area contributed by atoms with Crippen LogP contribution in [-0.2, 0) is 0 Å². The van der Waals surface area contributed by atoms with Crippen LogP contribution in [0.3, 0.4) is 0 Å². The van der Waals surface area contributed by atoms with Crippen molar-refractivity contribution in [3.05, 3.63) is 45.4 Å². The molecule has 0 radical (unpaired) electrons. The summed E-state index contributed by atoms with van der Waals surface area (Å²) in [4.78, 5) is 17.1. The molecule has 4 nitrogen and oxygen atoms in total. The van der Waals surface area contributed by atoms with Crippen molar-refractivity contribution in [3.8, 4) is 0 Å². The van der Waals surface area contributed by atoms with E-state index in [1.807, 2.05) is 26.0 Å². The number of benzene rings is 1. The molecule has 98 valence electrons. The van der Waals surface area contributed by atoms with Crippen LogP contribution in [0.1, 0.15) is 26.5 Å². The predicted octanol–water partition coefficient (Wildman–Crippen LogP) is 2.65. The molecule has 0 spiro atoms. The zero-order chi connectivity index (χ0) is 14.0. The van der Waals surface area contributed by atoms with Gasteiger partial charge >= 0.3 is 0 Å². The second-order valence-corrected chi connectivity index (χ2v) is 5.41. The molecule has 19 heavy (non-hydrogen) atoms. The van der Waals surface area contributed by atoms with E-state index in [2.05, 4.69) is 10.3 Å². The highest BCUT2D eigenvalue weighted by Crippen LogP contribution is 2.20. The molecule has 1 aromatic heterocycles. The summed E-state index contributed by atoms with van der Waals surface area (Å²) in [6, 6.07) is 5.50. The maximum absolute atomic E-state index is 12.1. The van der Waals surface area contributed by atoms with Gasteiger partial charge in [0.15, 0.2) is 0 Å². The minimum atomic E-state index is -0.164. The third-order valence-corrected chi connectivity index (χ3v) is 3.89. The van der Waals surface area contributed by atoms with Crippen molar-refractivity contribution in [2.24, 2.45) is 5.73 Å². The number of carbonyl (C=O) groups excluding carboxylic acids is 1. The Balaban J connectivity index is 2.28. The Kier molecular flexibility index (Phi) is 3.92. The number of amides is 1. The van der Waals surface area contributed by atoms with Gasteiger partial charge in [-0.3, -0.25) is 4.79 Å². The zero-order valence-electron chi connectivity index (χ0n) is 10.6. The number of carbonyl (C=O) groups is 1. The van der Waals surface area contributed by atoms with Crippen LogP contribution in [-0.4, -0.2) is 15.9 Å². The van der Waals surface area contributed by atoms with Crippen LogP contribution < -0.4 is 11.1 Å². The molecule has 1 amide bonds. The normalized spacial score (nSPS) is 10.2. The molecular weight excluding hydrogens is 278 g/mol. The van der Waals surface area contributed by atoms with Crippen LogP contribution in [0.15, 0.2) is 23.7 Å². The van der Waals surface area contributed by atoms with Gasteiger partial charge in [0.05, 0.1) is 11.2 Å². The molecule has 6 heteroatoms. The first-order valence-electron chi connectivity index (χ1n) is 5.61. The van der Waals surface area contributed by atoms with Crippen molar-refractivity contribution in [3.63, 3.8) is 0 Å². The lowest BCUT2D eigenvalue weighted by Gasteiger charge is -2.09. The lowest BCUT2D eigenvalue weighted by molar-refractivity contribution is 0.102. The van der Waals surface area contributed by atoms with Gasteiger partial charge in [-0.1, -0.05) is 24.4 Å².